The van der Waals surface area contributed by atoms with E-state index in [0.717, 1.165) is 30.6 Å². The fraction of sp³-hybridized carbons (Fsp3) is 0.350. The molecule has 0 saturated carbocycles. The predicted molar refractivity (Wildman–Crippen MR) is 89.5 cm³/mol. The molecule has 1 aliphatic rings. The van der Waals surface area contributed by atoms with Gasteiger partial charge in [-0.15, -0.1) is 0 Å². The zero-order valence-electron chi connectivity index (χ0n) is 12.8. The third kappa shape index (κ3) is 2.91. The van der Waals surface area contributed by atoms with E-state index >= 15 is 0 Å². The molecule has 22 heavy (non-hydrogen) atoms. The molecule has 2 heteroatoms. The zero-order chi connectivity index (χ0) is 15.3. The summed E-state index contributed by atoms with van der Waals surface area (Å²) in [6, 6.07) is 23.2. The van der Waals surface area contributed by atoms with E-state index < -0.39 is 5.41 Å². The summed E-state index contributed by atoms with van der Waals surface area (Å²) in [5.74, 6) is 0.550. The molecule has 3 rings (SSSR count). The topological polar surface area (TPSA) is 35.8 Å². The highest BCUT2D eigenvalue weighted by molar-refractivity contribution is 5.45. The van der Waals surface area contributed by atoms with Gasteiger partial charge in [0.25, 0.3) is 0 Å². The molecule has 2 nitrogen and oxygen atoms in total. The van der Waals surface area contributed by atoms with Gasteiger partial charge in [-0.1, -0.05) is 60.7 Å². The molecule has 0 aromatic heterocycles. The number of nitriles is 1. The van der Waals surface area contributed by atoms with E-state index in [-0.39, 0.29) is 0 Å². The molecule has 112 valence electrons. The second kappa shape index (κ2) is 6.77. The molecule has 0 aliphatic carbocycles. The lowest BCUT2D eigenvalue weighted by Gasteiger charge is -2.34. The fourth-order valence-corrected chi connectivity index (χ4v) is 3.55. The molecule has 2 aromatic rings. The summed E-state index contributed by atoms with van der Waals surface area (Å²) in [6.45, 7) is 2.12. The van der Waals surface area contributed by atoms with Crippen molar-refractivity contribution < 1.29 is 0 Å². The molecule has 0 amide bonds. The molecule has 1 fully saturated rings. The largest absolute Gasteiger partial charge is 0.316 e. The Morgan fingerprint density at radius 2 is 1.59 bits per heavy atom. The standard InChI is InChI=1S/C20H22N2/c21-16-20(18-9-3-1-4-10-18,19-11-5-2-6-12-19)14-17-8-7-13-22-15-17/h1-6,9-12,17,22H,7-8,13-15H2. The number of benzene rings is 2. The van der Waals surface area contributed by atoms with Crippen molar-refractivity contribution in [2.24, 2.45) is 5.92 Å². The van der Waals surface area contributed by atoms with Crippen LogP contribution >= 0.6 is 0 Å². The van der Waals surface area contributed by atoms with Gasteiger partial charge >= 0.3 is 0 Å². The zero-order valence-corrected chi connectivity index (χ0v) is 12.8. The Hall–Kier alpha value is -2.11. The Morgan fingerprint density at radius 3 is 2.05 bits per heavy atom. The van der Waals surface area contributed by atoms with E-state index in [1.807, 2.05) is 36.4 Å². The van der Waals surface area contributed by atoms with Crippen molar-refractivity contribution in [3.05, 3.63) is 71.8 Å². The number of rotatable bonds is 4. The van der Waals surface area contributed by atoms with Crippen molar-refractivity contribution in [2.75, 3.05) is 13.1 Å². The molecule has 1 heterocycles. The van der Waals surface area contributed by atoms with E-state index in [2.05, 4.69) is 35.7 Å². The molecule has 1 aliphatic heterocycles. The highest BCUT2D eigenvalue weighted by Crippen LogP contribution is 2.39. The van der Waals surface area contributed by atoms with Crippen molar-refractivity contribution in [1.29, 1.82) is 5.26 Å². The second-order valence-corrected chi connectivity index (χ2v) is 6.17. The van der Waals surface area contributed by atoms with Crippen LogP contribution in [0.5, 0.6) is 0 Å². The van der Waals surface area contributed by atoms with Gasteiger partial charge in [0.2, 0.25) is 0 Å². The Kier molecular flexibility index (Phi) is 4.56. The first-order valence-corrected chi connectivity index (χ1v) is 8.08. The highest BCUT2D eigenvalue weighted by Gasteiger charge is 2.37. The minimum atomic E-state index is -0.549. The van der Waals surface area contributed by atoms with Crippen molar-refractivity contribution in [1.82, 2.24) is 5.32 Å². The molecule has 0 bridgehead atoms. The van der Waals surface area contributed by atoms with Crippen LogP contribution in [0.2, 0.25) is 0 Å². The summed E-state index contributed by atoms with van der Waals surface area (Å²) in [4.78, 5) is 0. The molecule has 0 radical (unpaired) electrons. The van der Waals surface area contributed by atoms with Crippen molar-refractivity contribution in [2.45, 2.75) is 24.7 Å². The lowest BCUT2D eigenvalue weighted by atomic mass is 9.69. The van der Waals surface area contributed by atoms with Crippen LogP contribution in [0, 0.1) is 17.2 Å². The van der Waals surface area contributed by atoms with Crippen LogP contribution < -0.4 is 5.32 Å². The lowest BCUT2D eigenvalue weighted by molar-refractivity contribution is 0.324. The number of nitrogens with zero attached hydrogens (tertiary/aromatic N) is 1. The maximum Gasteiger partial charge on any atom is 0.107 e. The minimum Gasteiger partial charge on any atom is -0.316 e. The van der Waals surface area contributed by atoms with Gasteiger partial charge in [0.1, 0.15) is 5.41 Å². The minimum absolute atomic E-state index is 0.549. The highest BCUT2D eigenvalue weighted by atomic mass is 14.9. The Bertz CT molecular complexity index is 582. The SMILES string of the molecule is N#CC(CC1CCCNC1)(c1ccccc1)c1ccccc1. The number of hydrogen-bond acceptors (Lipinski definition) is 2. The van der Waals surface area contributed by atoms with E-state index in [9.17, 15) is 5.26 Å². The van der Waals surface area contributed by atoms with Gasteiger partial charge in [-0.25, -0.2) is 0 Å². The molecule has 1 N–H and O–H groups in total. The van der Waals surface area contributed by atoms with Gasteiger partial charge < -0.3 is 5.32 Å². The van der Waals surface area contributed by atoms with Crippen LogP contribution in [-0.4, -0.2) is 13.1 Å². The summed E-state index contributed by atoms with van der Waals surface area (Å²) in [7, 11) is 0. The summed E-state index contributed by atoms with van der Waals surface area (Å²) in [6.07, 6.45) is 3.29. The summed E-state index contributed by atoms with van der Waals surface area (Å²) >= 11 is 0. The van der Waals surface area contributed by atoms with Gasteiger partial charge in [0.15, 0.2) is 0 Å². The van der Waals surface area contributed by atoms with Gasteiger partial charge in [0, 0.05) is 0 Å². The molecular formula is C20H22N2. The van der Waals surface area contributed by atoms with Gasteiger partial charge in [-0.3, -0.25) is 0 Å². The van der Waals surface area contributed by atoms with Crippen LogP contribution in [0.15, 0.2) is 60.7 Å². The maximum absolute atomic E-state index is 10.1. The second-order valence-electron chi connectivity index (χ2n) is 6.17. The third-order valence-corrected chi connectivity index (χ3v) is 4.72. The number of hydrogen-bond donors (Lipinski definition) is 1. The molecule has 1 saturated heterocycles. The van der Waals surface area contributed by atoms with E-state index in [4.69, 9.17) is 0 Å². The van der Waals surface area contributed by atoms with Crippen molar-refractivity contribution in [3.8, 4) is 6.07 Å². The summed E-state index contributed by atoms with van der Waals surface area (Å²) in [5.41, 5.74) is 1.66. The molecule has 1 unspecified atom stereocenters. The van der Waals surface area contributed by atoms with Crippen LogP contribution in [0.25, 0.3) is 0 Å². The van der Waals surface area contributed by atoms with Gasteiger partial charge in [-0.2, -0.15) is 5.26 Å². The maximum atomic E-state index is 10.1. The lowest BCUT2D eigenvalue weighted by Crippen LogP contribution is -2.36. The first kappa shape index (κ1) is 14.8. The molecule has 1 atom stereocenters. The number of piperidine rings is 1. The van der Waals surface area contributed by atoms with Crippen molar-refractivity contribution in [3.63, 3.8) is 0 Å². The Balaban J connectivity index is 2.03. The molecule has 0 spiro atoms. The van der Waals surface area contributed by atoms with E-state index in [1.54, 1.807) is 0 Å². The van der Waals surface area contributed by atoms with Gasteiger partial charge in [0.05, 0.1) is 6.07 Å². The quantitative estimate of drug-likeness (QED) is 0.927. The van der Waals surface area contributed by atoms with Gasteiger partial charge in [-0.05, 0) is 49.4 Å². The fourth-order valence-electron chi connectivity index (χ4n) is 3.55. The normalized spacial score (nSPS) is 18.6. The molecular weight excluding hydrogens is 268 g/mol. The smallest absolute Gasteiger partial charge is 0.107 e. The average Bonchev–Trinajstić information content (AvgIpc) is 2.62. The van der Waals surface area contributed by atoms with Crippen molar-refractivity contribution >= 4 is 0 Å². The molecule has 2 aromatic carbocycles. The predicted octanol–water partition coefficient (Wildman–Crippen LogP) is 3.89. The number of nitrogens with one attached hydrogen (secondary N) is 1. The Morgan fingerprint density at radius 1 is 1.00 bits per heavy atom. The first-order valence-electron chi connectivity index (χ1n) is 8.08. The third-order valence-electron chi connectivity index (χ3n) is 4.72. The van der Waals surface area contributed by atoms with Crippen LogP contribution in [0.4, 0.5) is 0 Å². The summed E-state index contributed by atoms with van der Waals surface area (Å²) < 4.78 is 0. The Labute approximate surface area is 132 Å². The monoisotopic (exact) mass is 290 g/mol. The van der Waals surface area contributed by atoms with Crippen LogP contribution in [0.1, 0.15) is 30.4 Å². The van der Waals surface area contributed by atoms with E-state index in [0.29, 0.717) is 5.92 Å². The average molecular weight is 290 g/mol. The van der Waals surface area contributed by atoms with Crippen LogP contribution in [0.3, 0.4) is 0 Å². The first-order chi connectivity index (χ1) is 10.8. The van der Waals surface area contributed by atoms with E-state index in [1.165, 1.54) is 12.8 Å². The summed E-state index contributed by atoms with van der Waals surface area (Å²) in [5, 5.41) is 13.6. The van der Waals surface area contributed by atoms with Crippen LogP contribution in [-0.2, 0) is 5.41 Å².